The molecule has 2 aromatic carbocycles. The van der Waals surface area contributed by atoms with Gasteiger partial charge in [0.2, 0.25) is 5.89 Å². The molecule has 344 valence electrons. The molecule has 2 aliphatic rings. The van der Waals surface area contributed by atoms with Crippen LogP contribution in [0.5, 0.6) is 0 Å². The molecule has 5 aromatic rings. The maximum absolute atomic E-state index is 13.8. The maximum Gasteiger partial charge on any atom is 0.471 e. The summed E-state index contributed by atoms with van der Waals surface area (Å²) in [5.74, 6) is -5.79. The number of ether oxygens (including phenoxy) is 2. The van der Waals surface area contributed by atoms with Crippen molar-refractivity contribution in [2.24, 2.45) is 0 Å². The summed E-state index contributed by atoms with van der Waals surface area (Å²) in [7, 11) is 0. The molecular weight excluding hydrogens is 882 g/mol. The van der Waals surface area contributed by atoms with Gasteiger partial charge < -0.3 is 29.0 Å². The molecule has 24 heteroatoms. The van der Waals surface area contributed by atoms with Gasteiger partial charge >= 0.3 is 36.2 Å². The summed E-state index contributed by atoms with van der Waals surface area (Å²) < 4.78 is 117. The van der Waals surface area contributed by atoms with Crippen molar-refractivity contribution < 1.29 is 68.2 Å². The van der Waals surface area contributed by atoms with Gasteiger partial charge in [0.15, 0.2) is 5.78 Å². The molecule has 16 nitrogen and oxygen atoms in total. The number of ketones is 1. The van der Waals surface area contributed by atoms with Crippen LogP contribution in [0.2, 0.25) is 0 Å². The van der Waals surface area contributed by atoms with Crippen molar-refractivity contribution in [3.05, 3.63) is 120 Å². The molecule has 3 aromatic heterocycles. The van der Waals surface area contributed by atoms with E-state index in [-0.39, 0.29) is 42.2 Å². The summed E-state index contributed by atoms with van der Waals surface area (Å²) in [6.45, 7) is 2.22. The summed E-state index contributed by atoms with van der Waals surface area (Å²) in [5.41, 5.74) is 1.61. The molecule has 0 spiro atoms. The number of amides is 5. The van der Waals surface area contributed by atoms with Crippen LogP contribution in [0.1, 0.15) is 27.6 Å². The Kier molecular flexibility index (Phi) is 15.4. The van der Waals surface area contributed by atoms with Gasteiger partial charge in [-0.3, -0.25) is 29.4 Å². The SMILES string of the molecule is O=C(CNC(=O)C(F)(F)F)c1ccc(CN(C(=O)N2CCOCC2)c2cccc(F)c2)nc1.O=C(N1CCOCC1)N(Cc1ccc(-c2nnc(C(F)(F)F)o2)cn1)c1cccc(F)c1. The maximum atomic E-state index is 13.8. The van der Waals surface area contributed by atoms with E-state index in [0.717, 1.165) is 6.20 Å². The number of nitrogens with one attached hydrogen (secondary N) is 1. The number of aromatic nitrogens is 4. The number of halogens is 8. The molecule has 2 saturated heterocycles. The van der Waals surface area contributed by atoms with Crippen molar-refractivity contribution in [2.75, 3.05) is 69.0 Å². The number of hydrogen-bond donors (Lipinski definition) is 1. The van der Waals surface area contributed by atoms with Gasteiger partial charge in [0.05, 0.1) is 63.0 Å². The molecule has 5 amide bonds. The predicted molar refractivity (Wildman–Crippen MR) is 211 cm³/mol. The highest BCUT2D eigenvalue weighted by Crippen LogP contribution is 2.30. The zero-order valence-electron chi connectivity index (χ0n) is 33.8. The Labute approximate surface area is 363 Å². The summed E-state index contributed by atoms with van der Waals surface area (Å²) in [6.07, 6.45) is -7.42. The van der Waals surface area contributed by atoms with Crippen LogP contribution in [-0.4, -0.2) is 119 Å². The fourth-order valence-electron chi connectivity index (χ4n) is 6.15. The summed E-state index contributed by atoms with van der Waals surface area (Å²) in [5, 5.41) is 7.87. The van der Waals surface area contributed by atoms with E-state index < -0.39 is 48.1 Å². The molecule has 65 heavy (non-hydrogen) atoms. The van der Waals surface area contributed by atoms with E-state index in [2.05, 4.69) is 24.6 Å². The lowest BCUT2D eigenvalue weighted by atomic mass is 10.1. The molecule has 5 heterocycles. The Morgan fingerprint density at radius 2 is 1.17 bits per heavy atom. The van der Waals surface area contributed by atoms with Gasteiger partial charge in [0.25, 0.3) is 0 Å². The number of anilines is 2. The lowest BCUT2D eigenvalue weighted by Crippen LogP contribution is -2.48. The van der Waals surface area contributed by atoms with Gasteiger partial charge in [0, 0.05) is 55.5 Å². The first-order chi connectivity index (χ1) is 31.0. The monoisotopic (exact) mass is 919 g/mol. The van der Waals surface area contributed by atoms with Gasteiger partial charge in [-0.25, -0.2) is 18.4 Å². The highest BCUT2D eigenvalue weighted by molar-refractivity contribution is 5.99. The Bertz CT molecular complexity index is 2430. The fourth-order valence-corrected chi connectivity index (χ4v) is 6.15. The molecule has 0 radical (unpaired) electrons. The number of carbonyl (C=O) groups is 4. The van der Waals surface area contributed by atoms with Crippen molar-refractivity contribution in [3.63, 3.8) is 0 Å². The summed E-state index contributed by atoms with van der Waals surface area (Å²) in [6, 6.07) is 16.1. The smallest absolute Gasteiger partial charge is 0.413 e. The number of pyridine rings is 2. The highest BCUT2D eigenvalue weighted by atomic mass is 19.4. The van der Waals surface area contributed by atoms with Crippen LogP contribution in [0.15, 0.2) is 89.6 Å². The van der Waals surface area contributed by atoms with Crippen LogP contribution in [0.25, 0.3) is 11.5 Å². The Hall–Kier alpha value is -7.08. The number of nitrogens with zero attached hydrogens (tertiary/aromatic N) is 8. The van der Waals surface area contributed by atoms with Gasteiger partial charge in [-0.1, -0.05) is 12.1 Å². The second kappa shape index (κ2) is 21.1. The molecule has 0 atom stereocenters. The molecule has 7 rings (SSSR count). The minimum atomic E-state index is -5.09. The zero-order valence-corrected chi connectivity index (χ0v) is 33.8. The molecule has 1 N–H and O–H groups in total. The zero-order chi connectivity index (χ0) is 46.7. The fraction of sp³-hybridized carbons (Fsp3) is 0.317. The largest absolute Gasteiger partial charge is 0.471 e. The van der Waals surface area contributed by atoms with E-state index in [1.165, 1.54) is 82.0 Å². The molecule has 0 unspecified atom stereocenters. The number of urea groups is 2. The van der Waals surface area contributed by atoms with Crippen LogP contribution in [0.4, 0.5) is 56.1 Å². The first kappa shape index (κ1) is 47.4. The van der Waals surface area contributed by atoms with E-state index in [4.69, 9.17) is 9.47 Å². The van der Waals surface area contributed by atoms with E-state index in [0.29, 0.717) is 75.4 Å². The number of morpholine rings is 2. The Morgan fingerprint density at radius 3 is 1.58 bits per heavy atom. The minimum absolute atomic E-state index is 0.0115. The highest BCUT2D eigenvalue weighted by Gasteiger charge is 2.39. The van der Waals surface area contributed by atoms with Crippen LogP contribution >= 0.6 is 0 Å². The van der Waals surface area contributed by atoms with Gasteiger partial charge in [0.1, 0.15) is 11.6 Å². The van der Waals surface area contributed by atoms with Crippen LogP contribution < -0.4 is 15.1 Å². The van der Waals surface area contributed by atoms with Crippen molar-refractivity contribution in [2.45, 2.75) is 25.4 Å². The standard InChI is InChI=1S/C21H20F4N4O4.C20H17F4N5O3/c22-15-2-1-3-17(10-15)29(20(32)28-6-8-33-9-7-28)13-16-5-4-14(11-26-16)18(30)12-27-19(31)21(23,24)25;21-14-2-1-3-16(10-14)29(19(30)28-6-8-31-9-7-28)12-15-5-4-13(11-25-15)17-26-27-18(32-17)20(22,23)24/h1-5,10-11H,6-9,12-13H2,(H,27,31);1-5,10-11H,6-9,12H2. The lowest BCUT2D eigenvalue weighted by molar-refractivity contribution is -0.173. The van der Waals surface area contributed by atoms with E-state index in [9.17, 15) is 54.3 Å². The third-order valence-electron chi connectivity index (χ3n) is 9.46. The van der Waals surface area contributed by atoms with Gasteiger partial charge in [-0.05, 0) is 60.7 Å². The van der Waals surface area contributed by atoms with E-state index in [1.807, 2.05) is 0 Å². The topological polar surface area (TPSA) is 176 Å². The predicted octanol–water partition coefficient (Wildman–Crippen LogP) is 6.29. The molecule has 0 aliphatic carbocycles. The first-order valence-electron chi connectivity index (χ1n) is 19.4. The van der Waals surface area contributed by atoms with Gasteiger partial charge in [-0.2, -0.15) is 26.3 Å². The molecular formula is C41H37F8N9O7. The van der Waals surface area contributed by atoms with E-state index in [1.54, 1.807) is 21.9 Å². The number of alkyl halides is 6. The van der Waals surface area contributed by atoms with Crippen molar-refractivity contribution >= 4 is 35.1 Å². The van der Waals surface area contributed by atoms with Crippen molar-refractivity contribution in [1.82, 2.24) is 35.3 Å². The molecule has 2 fully saturated rings. The van der Waals surface area contributed by atoms with E-state index >= 15 is 0 Å². The minimum Gasteiger partial charge on any atom is -0.413 e. The van der Waals surface area contributed by atoms with Crippen molar-refractivity contribution in [1.29, 1.82) is 0 Å². The molecule has 2 aliphatic heterocycles. The third-order valence-corrected chi connectivity index (χ3v) is 9.46. The second-order valence-electron chi connectivity index (χ2n) is 14.0. The molecule has 0 saturated carbocycles. The number of hydrogen-bond acceptors (Lipinski definition) is 11. The number of rotatable bonds is 10. The second-order valence-corrected chi connectivity index (χ2v) is 14.0. The quantitative estimate of drug-likeness (QED) is 0.123. The normalized spacial score (nSPS) is 14.2. The van der Waals surface area contributed by atoms with Gasteiger partial charge in [-0.15, -0.1) is 10.2 Å². The average Bonchev–Trinajstić information content (AvgIpc) is 3.81. The van der Waals surface area contributed by atoms with Crippen LogP contribution in [0.3, 0.4) is 0 Å². The molecule has 0 bridgehead atoms. The number of benzene rings is 2. The number of carbonyl (C=O) groups excluding carboxylic acids is 4. The third kappa shape index (κ3) is 13.0. The van der Waals surface area contributed by atoms with Crippen LogP contribution in [-0.2, 0) is 33.5 Å². The summed E-state index contributed by atoms with van der Waals surface area (Å²) >= 11 is 0. The lowest BCUT2D eigenvalue weighted by Gasteiger charge is -2.33. The van der Waals surface area contributed by atoms with Crippen molar-refractivity contribution in [3.8, 4) is 11.5 Å². The first-order valence-corrected chi connectivity index (χ1v) is 19.4. The van der Waals surface area contributed by atoms with Crippen LogP contribution in [0, 0.1) is 11.6 Å². The summed E-state index contributed by atoms with van der Waals surface area (Å²) in [4.78, 5) is 63.3. The Morgan fingerprint density at radius 1 is 0.662 bits per heavy atom. The Balaban J connectivity index is 0.000000215. The average molecular weight is 920 g/mol. The number of Topliss-reactive ketones (excluding diaryl/α,β-unsaturated/α-hetero) is 1.